The van der Waals surface area contributed by atoms with Gasteiger partial charge >= 0.3 is 0 Å². The van der Waals surface area contributed by atoms with Crippen LogP contribution in [0.15, 0.2) is 12.4 Å². The molecule has 92 valence electrons. The van der Waals surface area contributed by atoms with Gasteiger partial charge in [-0.15, -0.1) is 0 Å². The molecule has 0 unspecified atom stereocenters. The van der Waals surface area contributed by atoms with Crippen molar-refractivity contribution in [2.24, 2.45) is 5.41 Å². The molecule has 2 N–H and O–H groups in total. The molecular weight excluding hydrogens is 212 g/mol. The number of nitrogens with one attached hydrogen (secondary N) is 2. The Bertz CT molecular complexity index is 383. The average molecular weight is 232 g/mol. The standard InChI is InChI=1S/C13H20N4/c1-10-7-15-12(16-8-10)17-9-11-6-13(2-3-13)4-5-14-11/h7-8,11,14H,2-6,9H2,1H3,(H,15,16,17)/t11-/m0/s1. The van der Waals surface area contributed by atoms with Crippen LogP contribution in [-0.4, -0.2) is 29.1 Å². The van der Waals surface area contributed by atoms with Gasteiger partial charge in [0.25, 0.3) is 0 Å². The number of hydrogen-bond donors (Lipinski definition) is 2. The molecule has 2 fully saturated rings. The zero-order chi connectivity index (χ0) is 11.7. The highest BCUT2D eigenvalue weighted by atomic mass is 15.1. The molecule has 1 saturated carbocycles. The van der Waals surface area contributed by atoms with Crippen molar-refractivity contribution in [3.8, 4) is 0 Å². The minimum Gasteiger partial charge on any atom is -0.353 e. The van der Waals surface area contributed by atoms with Crippen molar-refractivity contribution < 1.29 is 0 Å². The number of nitrogens with zero attached hydrogens (tertiary/aromatic N) is 2. The van der Waals surface area contributed by atoms with Crippen molar-refractivity contribution in [2.45, 2.75) is 38.6 Å². The minimum absolute atomic E-state index is 0.580. The second kappa shape index (κ2) is 4.26. The van der Waals surface area contributed by atoms with Crippen LogP contribution in [0.4, 0.5) is 5.95 Å². The van der Waals surface area contributed by atoms with Crippen molar-refractivity contribution in [3.05, 3.63) is 18.0 Å². The Balaban J connectivity index is 1.52. The molecule has 1 aromatic heterocycles. The Labute approximate surface area is 102 Å². The number of hydrogen-bond acceptors (Lipinski definition) is 4. The Hall–Kier alpha value is -1.16. The van der Waals surface area contributed by atoms with E-state index < -0.39 is 0 Å². The molecule has 1 aromatic rings. The Morgan fingerprint density at radius 1 is 1.35 bits per heavy atom. The van der Waals surface area contributed by atoms with Crippen LogP contribution >= 0.6 is 0 Å². The molecule has 4 heteroatoms. The molecule has 0 radical (unpaired) electrons. The largest absolute Gasteiger partial charge is 0.353 e. The first kappa shape index (κ1) is 11.0. The monoisotopic (exact) mass is 232 g/mol. The molecule has 0 aromatic carbocycles. The van der Waals surface area contributed by atoms with Crippen LogP contribution in [-0.2, 0) is 0 Å². The van der Waals surface area contributed by atoms with E-state index in [1.165, 1.54) is 32.2 Å². The average Bonchev–Trinajstić information content (AvgIpc) is 3.08. The number of piperidine rings is 1. The van der Waals surface area contributed by atoms with Crippen LogP contribution in [0.3, 0.4) is 0 Å². The summed E-state index contributed by atoms with van der Waals surface area (Å²) in [5, 5.41) is 6.90. The zero-order valence-corrected chi connectivity index (χ0v) is 10.4. The van der Waals surface area contributed by atoms with Gasteiger partial charge in [-0.3, -0.25) is 0 Å². The van der Waals surface area contributed by atoms with E-state index in [9.17, 15) is 0 Å². The van der Waals surface area contributed by atoms with Crippen molar-refractivity contribution in [1.82, 2.24) is 15.3 Å². The number of aryl methyl sites for hydroxylation is 1. The fourth-order valence-corrected chi connectivity index (χ4v) is 2.71. The summed E-state index contributed by atoms with van der Waals surface area (Å²) in [7, 11) is 0. The van der Waals surface area contributed by atoms with Gasteiger partial charge in [0.05, 0.1) is 0 Å². The van der Waals surface area contributed by atoms with Crippen molar-refractivity contribution in [1.29, 1.82) is 0 Å². The summed E-state index contributed by atoms with van der Waals surface area (Å²) >= 11 is 0. The lowest BCUT2D eigenvalue weighted by Crippen LogP contribution is -2.43. The van der Waals surface area contributed by atoms with Crippen molar-refractivity contribution >= 4 is 5.95 Å². The second-order valence-corrected chi connectivity index (χ2v) is 5.57. The summed E-state index contributed by atoms with van der Waals surface area (Å²) < 4.78 is 0. The molecule has 2 heterocycles. The molecule has 4 nitrogen and oxygen atoms in total. The first-order valence-corrected chi connectivity index (χ1v) is 6.52. The van der Waals surface area contributed by atoms with Gasteiger partial charge in [0, 0.05) is 25.0 Å². The molecule has 3 rings (SSSR count). The first-order chi connectivity index (χ1) is 8.26. The predicted octanol–water partition coefficient (Wildman–Crippen LogP) is 1.73. The predicted molar refractivity (Wildman–Crippen MR) is 68.0 cm³/mol. The molecule has 1 atom stereocenters. The van der Waals surface area contributed by atoms with Gasteiger partial charge in [-0.2, -0.15) is 0 Å². The van der Waals surface area contributed by atoms with Gasteiger partial charge in [0.1, 0.15) is 0 Å². The number of rotatable bonds is 3. The Morgan fingerprint density at radius 3 is 2.82 bits per heavy atom. The van der Waals surface area contributed by atoms with Crippen LogP contribution in [0.1, 0.15) is 31.2 Å². The van der Waals surface area contributed by atoms with Gasteiger partial charge in [-0.05, 0) is 50.1 Å². The third-order valence-corrected chi connectivity index (χ3v) is 4.01. The Kier molecular flexibility index (Phi) is 2.74. The highest BCUT2D eigenvalue weighted by molar-refractivity contribution is 5.24. The van der Waals surface area contributed by atoms with E-state index >= 15 is 0 Å². The van der Waals surface area contributed by atoms with E-state index in [-0.39, 0.29) is 0 Å². The van der Waals surface area contributed by atoms with Crippen molar-refractivity contribution in [3.63, 3.8) is 0 Å². The normalized spacial score (nSPS) is 25.8. The minimum atomic E-state index is 0.580. The van der Waals surface area contributed by atoms with Gasteiger partial charge in [-0.25, -0.2) is 9.97 Å². The maximum Gasteiger partial charge on any atom is 0.222 e. The molecule has 17 heavy (non-hydrogen) atoms. The summed E-state index contributed by atoms with van der Waals surface area (Å²) in [4.78, 5) is 8.53. The summed E-state index contributed by atoms with van der Waals surface area (Å²) in [5.41, 5.74) is 1.80. The molecule has 0 bridgehead atoms. The van der Waals surface area contributed by atoms with E-state index in [1.54, 1.807) is 0 Å². The topological polar surface area (TPSA) is 49.8 Å². The second-order valence-electron chi connectivity index (χ2n) is 5.57. The molecule has 1 saturated heterocycles. The summed E-state index contributed by atoms with van der Waals surface area (Å²) in [5.74, 6) is 0.743. The lowest BCUT2D eigenvalue weighted by molar-refractivity contribution is 0.290. The van der Waals surface area contributed by atoms with Gasteiger partial charge in [-0.1, -0.05) is 0 Å². The fraction of sp³-hybridized carbons (Fsp3) is 0.692. The number of aromatic nitrogens is 2. The third kappa shape index (κ3) is 2.57. The molecule has 1 spiro atoms. The lowest BCUT2D eigenvalue weighted by Gasteiger charge is -2.30. The highest BCUT2D eigenvalue weighted by Crippen LogP contribution is 2.53. The van der Waals surface area contributed by atoms with Gasteiger partial charge in [0.15, 0.2) is 0 Å². The first-order valence-electron chi connectivity index (χ1n) is 6.52. The van der Waals surface area contributed by atoms with Crippen LogP contribution in [0.25, 0.3) is 0 Å². The van der Waals surface area contributed by atoms with E-state index in [2.05, 4.69) is 20.6 Å². The molecular formula is C13H20N4. The highest BCUT2D eigenvalue weighted by Gasteiger charge is 2.45. The van der Waals surface area contributed by atoms with Crippen LogP contribution in [0.2, 0.25) is 0 Å². The summed E-state index contributed by atoms with van der Waals surface area (Å²) in [6.45, 7) is 4.11. The molecule has 1 aliphatic carbocycles. The molecule has 1 aliphatic heterocycles. The summed E-state index contributed by atoms with van der Waals surface area (Å²) in [6.07, 6.45) is 9.26. The van der Waals surface area contributed by atoms with E-state index in [1.807, 2.05) is 19.3 Å². The zero-order valence-electron chi connectivity index (χ0n) is 10.4. The van der Waals surface area contributed by atoms with Crippen LogP contribution in [0, 0.1) is 12.3 Å². The van der Waals surface area contributed by atoms with E-state index in [0.717, 1.165) is 18.1 Å². The maximum atomic E-state index is 4.26. The van der Waals surface area contributed by atoms with Crippen molar-refractivity contribution in [2.75, 3.05) is 18.4 Å². The molecule has 2 aliphatic rings. The van der Waals surface area contributed by atoms with Gasteiger partial charge in [0.2, 0.25) is 5.95 Å². The van der Waals surface area contributed by atoms with Gasteiger partial charge < -0.3 is 10.6 Å². The fourth-order valence-electron chi connectivity index (χ4n) is 2.71. The van der Waals surface area contributed by atoms with Crippen LogP contribution < -0.4 is 10.6 Å². The SMILES string of the molecule is Cc1cnc(NC[C@@H]2CC3(CCN2)CC3)nc1. The smallest absolute Gasteiger partial charge is 0.222 e. The van der Waals surface area contributed by atoms with E-state index in [4.69, 9.17) is 0 Å². The summed E-state index contributed by atoms with van der Waals surface area (Å²) in [6, 6.07) is 0.580. The third-order valence-electron chi connectivity index (χ3n) is 4.01. The maximum absolute atomic E-state index is 4.26. The van der Waals surface area contributed by atoms with Crippen LogP contribution in [0.5, 0.6) is 0 Å². The lowest BCUT2D eigenvalue weighted by atomic mass is 9.89. The number of anilines is 1. The van der Waals surface area contributed by atoms with E-state index in [0.29, 0.717) is 11.5 Å². The molecule has 0 amide bonds. The quantitative estimate of drug-likeness (QED) is 0.833. The Morgan fingerprint density at radius 2 is 2.12 bits per heavy atom.